The molecule has 5 heteroatoms. The van der Waals surface area contributed by atoms with E-state index in [0.717, 1.165) is 28.8 Å². The maximum Gasteiger partial charge on any atom is 0.221 e. The number of nitrogens with two attached hydrogens (primary N) is 1. The summed E-state index contributed by atoms with van der Waals surface area (Å²) in [6, 6.07) is 5.62. The summed E-state index contributed by atoms with van der Waals surface area (Å²) in [5.74, 6) is 0.981. The van der Waals surface area contributed by atoms with E-state index in [0.29, 0.717) is 17.6 Å². The van der Waals surface area contributed by atoms with Crippen LogP contribution in [0.4, 0.5) is 5.95 Å². The van der Waals surface area contributed by atoms with E-state index in [9.17, 15) is 5.11 Å². The Balaban J connectivity index is 1.84. The highest BCUT2D eigenvalue weighted by atomic mass is 32.1. The summed E-state index contributed by atoms with van der Waals surface area (Å²) in [5, 5.41) is 12.9. The van der Waals surface area contributed by atoms with Crippen LogP contribution in [0, 0.1) is 6.92 Å². The van der Waals surface area contributed by atoms with Gasteiger partial charge < -0.3 is 10.8 Å². The van der Waals surface area contributed by atoms with Crippen molar-refractivity contribution in [3.05, 3.63) is 46.0 Å². The predicted molar refractivity (Wildman–Crippen MR) is 84.8 cm³/mol. The van der Waals surface area contributed by atoms with Crippen LogP contribution in [-0.2, 0) is 12.8 Å². The first-order valence-corrected chi connectivity index (χ1v) is 7.82. The first kappa shape index (κ1) is 12.6. The maximum absolute atomic E-state index is 9.64. The van der Waals surface area contributed by atoms with Crippen molar-refractivity contribution in [2.24, 2.45) is 0 Å². The number of aryl methyl sites for hydroxylation is 1. The van der Waals surface area contributed by atoms with E-state index in [1.54, 1.807) is 17.4 Å². The number of phenols is 1. The lowest BCUT2D eigenvalue weighted by atomic mass is 9.98. The predicted octanol–water partition coefficient (Wildman–Crippen LogP) is 3.17. The van der Waals surface area contributed by atoms with Gasteiger partial charge in [-0.25, -0.2) is 9.97 Å². The zero-order chi connectivity index (χ0) is 14.6. The first-order valence-electron chi connectivity index (χ1n) is 6.94. The average Bonchev–Trinajstić information content (AvgIpc) is 3.01. The van der Waals surface area contributed by atoms with E-state index in [4.69, 9.17) is 5.73 Å². The third-order valence-electron chi connectivity index (χ3n) is 4.17. The number of hydrogen-bond donors (Lipinski definition) is 2. The van der Waals surface area contributed by atoms with Gasteiger partial charge in [0.2, 0.25) is 5.95 Å². The Bertz CT molecular complexity index is 856. The zero-order valence-electron chi connectivity index (χ0n) is 11.6. The van der Waals surface area contributed by atoms with Crippen LogP contribution in [-0.4, -0.2) is 15.1 Å². The number of nitrogen functional groups attached to an aromatic ring is 1. The minimum atomic E-state index is 0.308. The van der Waals surface area contributed by atoms with Gasteiger partial charge >= 0.3 is 0 Å². The standard InChI is InChI=1S/C16H15N3OS/c1-8-7-21-15-13(8)14(18-16(17)19-15)11-4-9-2-3-12(20)6-10(9)5-11/h2-3,6-7,11,20H,4-5H2,1H3,(H2,17,18,19). The largest absolute Gasteiger partial charge is 0.508 e. The van der Waals surface area contributed by atoms with Crippen molar-refractivity contribution in [1.29, 1.82) is 0 Å². The summed E-state index contributed by atoms with van der Waals surface area (Å²) in [4.78, 5) is 9.84. The molecule has 0 saturated heterocycles. The number of thiophene rings is 1. The molecule has 0 spiro atoms. The number of aromatic hydroxyl groups is 1. The molecule has 2 heterocycles. The van der Waals surface area contributed by atoms with Gasteiger partial charge in [-0.2, -0.15) is 0 Å². The third kappa shape index (κ3) is 1.96. The fourth-order valence-electron chi connectivity index (χ4n) is 3.23. The molecule has 1 aromatic carbocycles. The maximum atomic E-state index is 9.64. The van der Waals surface area contributed by atoms with Gasteiger partial charge in [-0.15, -0.1) is 11.3 Å². The van der Waals surface area contributed by atoms with Crippen molar-refractivity contribution in [1.82, 2.24) is 9.97 Å². The minimum absolute atomic E-state index is 0.308. The first-order chi connectivity index (χ1) is 10.1. The topological polar surface area (TPSA) is 72.0 Å². The molecular formula is C16H15N3OS. The van der Waals surface area contributed by atoms with Gasteiger partial charge in [0.05, 0.1) is 5.69 Å². The van der Waals surface area contributed by atoms with Crippen molar-refractivity contribution in [3.63, 3.8) is 0 Å². The van der Waals surface area contributed by atoms with Gasteiger partial charge in [0, 0.05) is 11.3 Å². The summed E-state index contributed by atoms with van der Waals surface area (Å²) in [6.45, 7) is 2.09. The number of anilines is 1. The number of fused-ring (bicyclic) bond motifs is 2. The molecule has 4 rings (SSSR count). The number of aromatic nitrogens is 2. The molecule has 0 saturated carbocycles. The monoisotopic (exact) mass is 297 g/mol. The van der Waals surface area contributed by atoms with Crippen LogP contribution in [0.2, 0.25) is 0 Å². The second-order valence-corrected chi connectivity index (χ2v) is 6.48. The Labute approximate surface area is 126 Å². The molecule has 0 bridgehead atoms. The van der Waals surface area contributed by atoms with Crippen LogP contribution in [0.3, 0.4) is 0 Å². The van der Waals surface area contributed by atoms with E-state index >= 15 is 0 Å². The Morgan fingerprint density at radius 1 is 1.24 bits per heavy atom. The molecule has 21 heavy (non-hydrogen) atoms. The molecule has 1 aliphatic carbocycles. The fourth-order valence-corrected chi connectivity index (χ4v) is 4.16. The molecule has 1 unspecified atom stereocenters. The molecule has 106 valence electrons. The quantitative estimate of drug-likeness (QED) is 0.723. The molecule has 1 aliphatic rings. The van der Waals surface area contributed by atoms with E-state index in [2.05, 4.69) is 22.3 Å². The summed E-state index contributed by atoms with van der Waals surface area (Å²) >= 11 is 1.62. The van der Waals surface area contributed by atoms with Gasteiger partial charge in [0.25, 0.3) is 0 Å². The number of benzene rings is 1. The van der Waals surface area contributed by atoms with Gasteiger partial charge in [-0.05, 0) is 54.0 Å². The van der Waals surface area contributed by atoms with E-state index < -0.39 is 0 Å². The van der Waals surface area contributed by atoms with Crippen LogP contribution in [0.5, 0.6) is 5.75 Å². The van der Waals surface area contributed by atoms with E-state index in [1.165, 1.54) is 16.7 Å². The molecule has 0 fully saturated rings. The van der Waals surface area contributed by atoms with Gasteiger partial charge in [-0.1, -0.05) is 6.07 Å². The molecule has 3 aromatic rings. The number of hydrogen-bond acceptors (Lipinski definition) is 5. The summed E-state index contributed by atoms with van der Waals surface area (Å²) in [5.41, 5.74) is 10.6. The zero-order valence-corrected chi connectivity index (χ0v) is 12.4. The van der Waals surface area contributed by atoms with Crippen molar-refractivity contribution >= 4 is 27.5 Å². The molecule has 4 nitrogen and oxygen atoms in total. The average molecular weight is 297 g/mol. The third-order valence-corrected chi connectivity index (χ3v) is 5.16. The van der Waals surface area contributed by atoms with Crippen LogP contribution in [0.15, 0.2) is 23.6 Å². The minimum Gasteiger partial charge on any atom is -0.508 e. The number of rotatable bonds is 1. The van der Waals surface area contributed by atoms with Crippen LogP contribution >= 0.6 is 11.3 Å². The summed E-state index contributed by atoms with van der Waals surface area (Å²) < 4.78 is 0. The molecular weight excluding hydrogens is 282 g/mol. The lowest BCUT2D eigenvalue weighted by molar-refractivity contribution is 0.474. The normalized spacial score (nSPS) is 17.3. The summed E-state index contributed by atoms with van der Waals surface area (Å²) in [6.07, 6.45) is 1.83. The SMILES string of the molecule is Cc1csc2nc(N)nc(C3Cc4ccc(O)cc4C3)c12. The van der Waals surface area contributed by atoms with Gasteiger partial charge in [0.1, 0.15) is 10.6 Å². The second kappa shape index (κ2) is 4.43. The van der Waals surface area contributed by atoms with Crippen LogP contribution in [0.1, 0.15) is 28.3 Å². The van der Waals surface area contributed by atoms with Crippen molar-refractivity contribution < 1.29 is 5.11 Å². The van der Waals surface area contributed by atoms with Crippen molar-refractivity contribution in [2.75, 3.05) is 5.73 Å². The molecule has 1 atom stereocenters. The van der Waals surface area contributed by atoms with E-state index in [-0.39, 0.29) is 0 Å². The Morgan fingerprint density at radius 2 is 2.05 bits per heavy atom. The molecule has 0 radical (unpaired) electrons. The van der Waals surface area contributed by atoms with Crippen LogP contribution < -0.4 is 5.73 Å². The summed E-state index contributed by atoms with van der Waals surface area (Å²) in [7, 11) is 0. The highest BCUT2D eigenvalue weighted by Crippen LogP contribution is 2.39. The Hall–Kier alpha value is -2.14. The Kier molecular flexibility index (Phi) is 2.65. The molecule has 0 aliphatic heterocycles. The highest BCUT2D eigenvalue weighted by Gasteiger charge is 2.27. The molecule has 0 amide bonds. The highest BCUT2D eigenvalue weighted by molar-refractivity contribution is 7.17. The number of nitrogens with zero attached hydrogens (tertiary/aromatic N) is 2. The molecule has 3 N–H and O–H groups in total. The lowest BCUT2D eigenvalue weighted by Gasteiger charge is -2.11. The number of phenolic OH excluding ortho intramolecular Hbond substituents is 1. The van der Waals surface area contributed by atoms with Crippen molar-refractivity contribution in [2.45, 2.75) is 25.7 Å². The van der Waals surface area contributed by atoms with Crippen molar-refractivity contribution in [3.8, 4) is 5.75 Å². The lowest BCUT2D eigenvalue weighted by Crippen LogP contribution is -2.06. The van der Waals surface area contributed by atoms with Gasteiger partial charge in [0.15, 0.2) is 0 Å². The van der Waals surface area contributed by atoms with Crippen LogP contribution in [0.25, 0.3) is 10.2 Å². The molecule has 2 aromatic heterocycles. The van der Waals surface area contributed by atoms with E-state index in [1.807, 2.05) is 12.1 Å². The second-order valence-electron chi connectivity index (χ2n) is 5.62. The smallest absolute Gasteiger partial charge is 0.221 e. The fraction of sp³-hybridized carbons (Fsp3) is 0.250. The Morgan fingerprint density at radius 3 is 2.90 bits per heavy atom. The van der Waals surface area contributed by atoms with Gasteiger partial charge in [-0.3, -0.25) is 0 Å².